The summed E-state index contributed by atoms with van der Waals surface area (Å²) >= 11 is 0. The minimum atomic E-state index is -0.957. The molecule has 0 saturated carbocycles. The molecule has 2 rings (SSSR count). The number of benzene rings is 2. The van der Waals surface area contributed by atoms with Crippen LogP contribution in [0.1, 0.15) is 18.4 Å². The predicted molar refractivity (Wildman–Crippen MR) is 82.3 cm³/mol. The summed E-state index contributed by atoms with van der Waals surface area (Å²) in [5, 5.41) is 8.89. The first-order chi connectivity index (χ1) is 8.59. The van der Waals surface area contributed by atoms with Crippen molar-refractivity contribution >= 4 is 35.5 Å². The van der Waals surface area contributed by atoms with E-state index >= 15 is 0 Å². The Bertz CT molecular complexity index is 575. The summed E-state index contributed by atoms with van der Waals surface area (Å²) in [6, 6.07) is 13.7. The Kier molecular flexibility index (Phi) is 10.1. The van der Waals surface area contributed by atoms with Gasteiger partial charge in [0.15, 0.2) is 0 Å². The summed E-state index contributed by atoms with van der Waals surface area (Å²) in [6.45, 7) is 1.54. The topological polar surface area (TPSA) is 100 Å². The average molecular weight is 304 g/mol. The van der Waals surface area contributed by atoms with Crippen molar-refractivity contribution in [2.45, 2.75) is 12.8 Å². The number of carboxylic acids is 1. The maximum absolute atomic E-state index is 14.0. The Morgan fingerprint density at radius 1 is 1.10 bits per heavy atom. The zero-order valence-electron chi connectivity index (χ0n) is 10.9. The van der Waals surface area contributed by atoms with Crippen molar-refractivity contribution in [3.63, 3.8) is 0 Å². The number of hydrogen-bond acceptors (Lipinski definition) is 1. The van der Waals surface area contributed by atoms with E-state index in [4.69, 9.17) is 5.11 Å². The van der Waals surface area contributed by atoms with E-state index in [1.165, 1.54) is 6.07 Å². The first-order valence-electron chi connectivity index (χ1n) is 5.67. The molecular formula is C15H18FNaO4. The fourth-order valence-electron chi connectivity index (χ4n) is 1.80. The molecular weight excluding hydrogens is 286 g/mol. The molecule has 6 heteroatoms. The molecule has 1 atom stereocenters. The van der Waals surface area contributed by atoms with Crippen LogP contribution in [0.25, 0.3) is 11.1 Å². The van der Waals surface area contributed by atoms with Gasteiger partial charge in [-0.1, -0.05) is 42.5 Å². The molecule has 0 aliphatic heterocycles. The van der Waals surface area contributed by atoms with E-state index in [-0.39, 0.29) is 40.5 Å². The normalized spacial score (nSPS) is 10.4. The Hall–Kier alpha value is -1.24. The summed E-state index contributed by atoms with van der Waals surface area (Å²) in [4.78, 5) is 10.8. The molecule has 1 unspecified atom stereocenters. The monoisotopic (exact) mass is 304 g/mol. The minimum absolute atomic E-state index is 0. The van der Waals surface area contributed by atoms with Crippen LogP contribution in [-0.4, -0.2) is 51.6 Å². The molecule has 0 bridgehead atoms. The van der Waals surface area contributed by atoms with E-state index < -0.39 is 17.7 Å². The third-order valence-electron chi connectivity index (χ3n) is 2.95. The average Bonchev–Trinajstić information content (AvgIpc) is 2.38. The van der Waals surface area contributed by atoms with Gasteiger partial charge in [-0.3, -0.25) is 4.79 Å². The molecule has 0 radical (unpaired) electrons. The van der Waals surface area contributed by atoms with E-state index in [1.807, 2.05) is 30.3 Å². The van der Waals surface area contributed by atoms with Crippen LogP contribution < -0.4 is 0 Å². The van der Waals surface area contributed by atoms with Crippen molar-refractivity contribution in [1.82, 2.24) is 0 Å². The predicted octanol–water partition coefficient (Wildman–Crippen LogP) is 1.38. The SMILES string of the molecule is CC(C(=O)O)c1ccc(-c2ccccc2)c(F)c1.O.O.[NaH]. The molecule has 4 nitrogen and oxygen atoms in total. The second kappa shape index (κ2) is 9.65. The van der Waals surface area contributed by atoms with Crippen LogP contribution in [0.15, 0.2) is 48.5 Å². The molecule has 2 aromatic rings. The molecule has 0 aromatic heterocycles. The molecule has 0 fully saturated rings. The molecule has 0 saturated heterocycles. The fraction of sp³-hybridized carbons (Fsp3) is 0.133. The number of hydrogen-bond donors (Lipinski definition) is 1. The van der Waals surface area contributed by atoms with Gasteiger partial charge in [-0.2, -0.15) is 0 Å². The molecule has 0 heterocycles. The molecule has 110 valence electrons. The van der Waals surface area contributed by atoms with Crippen molar-refractivity contribution in [2.75, 3.05) is 0 Å². The number of carbonyl (C=O) groups is 1. The van der Waals surface area contributed by atoms with Gasteiger partial charge in [-0.15, -0.1) is 0 Å². The number of halogens is 1. The van der Waals surface area contributed by atoms with Gasteiger partial charge in [0.1, 0.15) is 5.82 Å². The molecule has 2 aromatic carbocycles. The van der Waals surface area contributed by atoms with Gasteiger partial charge in [-0.05, 0) is 24.1 Å². The Labute approximate surface area is 144 Å². The van der Waals surface area contributed by atoms with Gasteiger partial charge in [0.25, 0.3) is 0 Å². The Balaban J connectivity index is 0. The summed E-state index contributed by atoms with van der Waals surface area (Å²) in [7, 11) is 0. The van der Waals surface area contributed by atoms with Crippen molar-refractivity contribution in [3.05, 3.63) is 59.9 Å². The van der Waals surface area contributed by atoms with Crippen LogP contribution in [0, 0.1) is 5.82 Å². The molecule has 0 aliphatic rings. The molecule has 0 aliphatic carbocycles. The molecule has 0 amide bonds. The molecule has 0 spiro atoms. The molecule has 5 N–H and O–H groups in total. The number of rotatable bonds is 3. The summed E-state index contributed by atoms with van der Waals surface area (Å²) in [5.41, 5.74) is 1.74. The van der Waals surface area contributed by atoms with Gasteiger partial charge in [-0.25, -0.2) is 4.39 Å². The first kappa shape index (κ1) is 22.0. The Morgan fingerprint density at radius 2 is 1.67 bits per heavy atom. The van der Waals surface area contributed by atoms with Crippen molar-refractivity contribution in [2.24, 2.45) is 0 Å². The van der Waals surface area contributed by atoms with E-state index in [0.717, 1.165) is 5.56 Å². The van der Waals surface area contributed by atoms with E-state index in [9.17, 15) is 9.18 Å². The van der Waals surface area contributed by atoms with Crippen molar-refractivity contribution in [3.8, 4) is 11.1 Å². The number of aliphatic carboxylic acids is 1. The van der Waals surface area contributed by atoms with Crippen LogP contribution in [-0.2, 0) is 4.79 Å². The maximum atomic E-state index is 14.0. The van der Waals surface area contributed by atoms with Crippen LogP contribution in [0.5, 0.6) is 0 Å². The van der Waals surface area contributed by atoms with E-state index in [0.29, 0.717) is 11.1 Å². The van der Waals surface area contributed by atoms with E-state index in [1.54, 1.807) is 19.1 Å². The third-order valence-corrected chi connectivity index (χ3v) is 2.95. The summed E-state index contributed by atoms with van der Waals surface area (Å²) < 4.78 is 14.0. The zero-order valence-corrected chi connectivity index (χ0v) is 10.9. The van der Waals surface area contributed by atoms with Crippen molar-refractivity contribution < 1.29 is 25.2 Å². The summed E-state index contributed by atoms with van der Waals surface area (Å²) in [6.07, 6.45) is 0. The third kappa shape index (κ3) is 5.22. The van der Waals surface area contributed by atoms with Gasteiger partial charge >= 0.3 is 35.5 Å². The second-order valence-corrected chi connectivity index (χ2v) is 4.17. The van der Waals surface area contributed by atoms with Crippen LogP contribution in [0.2, 0.25) is 0 Å². The summed E-state index contributed by atoms with van der Waals surface area (Å²) in [5.74, 6) is -2.06. The van der Waals surface area contributed by atoms with Gasteiger partial charge in [0.05, 0.1) is 5.92 Å². The Morgan fingerprint density at radius 3 is 2.14 bits per heavy atom. The van der Waals surface area contributed by atoms with Crippen molar-refractivity contribution in [1.29, 1.82) is 0 Å². The second-order valence-electron chi connectivity index (χ2n) is 4.17. The zero-order chi connectivity index (χ0) is 13.1. The van der Waals surface area contributed by atoms with Gasteiger partial charge in [0, 0.05) is 5.56 Å². The first-order valence-corrected chi connectivity index (χ1v) is 5.67. The van der Waals surface area contributed by atoms with E-state index in [2.05, 4.69) is 0 Å². The van der Waals surface area contributed by atoms with Crippen LogP contribution in [0.4, 0.5) is 4.39 Å². The van der Waals surface area contributed by atoms with Gasteiger partial charge in [0.2, 0.25) is 0 Å². The van der Waals surface area contributed by atoms with Crippen LogP contribution in [0.3, 0.4) is 0 Å². The number of carboxylic acid groups (broad SMARTS) is 1. The standard InChI is InChI=1S/C15H13FO2.Na.2H2O.H/c1-10(15(17)18)12-7-8-13(14(16)9-12)11-5-3-2-4-6-11;;;;/h2-10H,1H3,(H,17,18);;2*1H2;. The van der Waals surface area contributed by atoms with Gasteiger partial charge < -0.3 is 16.1 Å². The fourth-order valence-corrected chi connectivity index (χ4v) is 1.80. The quantitative estimate of drug-likeness (QED) is 0.866. The molecule has 21 heavy (non-hydrogen) atoms. The van der Waals surface area contributed by atoms with Crippen LogP contribution >= 0.6 is 0 Å².